The highest BCUT2D eigenvalue weighted by Gasteiger charge is 2.20. The summed E-state index contributed by atoms with van der Waals surface area (Å²) in [6, 6.07) is 4.21. The maximum Gasteiger partial charge on any atom is 0.335 e. The van der Waals surface area contributed by atoms with Crippen LogP contribution in [0, 0.1) is 5.92 Å². The van der Waals surface area contributed by atoms with Crippen molar-refractivity contribution in [1.82, 2.24) is 5.32 Å². The Balaban J connectivity index is 1.79. The first kappa shape index (κ1) is 14.8. The molecule has 2 rings (SSSR count). The largest absolute Gasteiger partial charge is 0.478 e. The van der Waals surface area contributed by atoms with Gasteiger partial charge in [-0.25, -0.2) is 9.59 Å². The van der Waals surface area contributed by atoms with E-state index in [2.05, 4.69) is 26.6 Å². The Kier molecular flexibility index (Phi) is 5.00. The highest BCUT2D eigenvalue weighted by Crippen LogP contribution is 2.33. The molecule has 108 valence electrons. The van der Waals surface area contributed by atoms with Crippen LogP contribution in [0.4, 0.5) is 10.5 Å². The molecule has 1 saturated carbocycles. The van der Waals surface area contributed by atoms with Gasteiger partial charge in [0.25, 0.3) is 0 Å². The molecule has 0 bridgehead atoms. The molecule has 1 aliphatic rings. The number of halogens is 1. The maximum atomic E-state index is 11.7. The van der Waals surface area contributed by atoms with Crippen LogP contribution in [0.3, 0.4) is 0 Å². The summed E-state index contributed by atoms with van der Waals surface area (Å²) in [6.07, 6.45) is 4.83. The second-order valence-corrected chi connectivity index (χ2v) is 5.82. The molecule has 0 aromatic heterocycles. The topological polar surface area (TPSA) is 78.4 Å². The lowest BCUT2D eigenvalue weighted by molar-refractivity contribution is 0.0697. The van der Waals surface area contributed by atoms with Gasteiger partial charge in [0, 0.05) is 11.0 Å². The van der Waals surface area contributed by atoms with Crippen LogP contribution in [0.2, 0.25) is 0 Å². The zero-order chi connectivity index (χ0) is 14.5. The minimum absolute atomic E-state index is 0.173. The minimum Gasteiger partial charge on any atom is -0.478 e. The third-order valence-electron chi connectivity index (χ3n) is 3.24. The van der Waals surface area contributed by atoms with Crippen molar-refractivity contribution in [2.45, 2.75) is 25.7 Å². The van der Waals surface area contributed by atoms with E-state index in [1.165, 1.54) is 31.4 Å². The summed E-state index contributed by atoms with van der Waals surface area (Å²) in [6.45, 7) is 0.660. The Morgan fingerprint density at radius 1 is 1.35 bits per heavy atom. The number of amides is 2. The molecule has 0 radical (unpaired) electrons. The summed E-state index contributed by atoms with van der Waals surface area (Å²) in [5.74, 6) is -0.126. The summed E-state index contributed by atoms with van der Waals surface area (Å²) >= 11 is 3.25. The summed E-state index contributed by atoms with van der Waals surface area (Å²) in [7, 11) is 0. The van der Waals surface area contributed by atoms with Crippen molar-refractivity contribution in [3.8, 4) is 0 Å². The van der Waals surface area contributed by atoms with Gasteiger partial charge in [-0.1, -0.05) is 12.8 Å². The van der Waals surface area contributed by atoms with Crippen LogP contribution in [0.5, 0.6) is 0 Å². The standard InChI is InChI=1S/C14H17BrN2O3/c15-11-8-10(13(18)19)5-6-12(11)17-14(20)16-7-1-2-9-3-4-9/h5-6,8-9H,1-4,7H2,(H,18,19)(H2,16,17,20). The molecule has 0 heterocycles. The highest BCUT2D eigenvalue weighted by molar-refractivity contribution is 9.10. The van der Waals surface area contributed by atoms with Crippen molar-refractivity contribution >= 4 is 33.6 Å². The van der Waals surface area contributed by atoms with E-state index < -0.39 is 5.97 Å². The molecule has 5 nitrogen and oxygen atoms in total. The van der Waals surface area contributed by atoms with E-state index in [1.54, 1.807) is 6.07 Å². The van der Waals surface area contributed by atoms with Gasteiger partial charge < -0.3 is 15.7 Å². The van der Waals surface area contributed by atoms with Crippen molar-refractivity contribution < 1.29 is 14.7 Å². The number of carboxylic acids is 1. The van der Waals surface area contributed by atoms with E-state index in [4.69, 9.17) is 5.11 Å². The lowest BCUT2D eigenvalue weighted by atomic mass is 10.2. The SMILES string of the molecule is O=C(NCCCC1CC1)Nc1ccc(C(=O)O)cc1Br. The van der Waals surface area contributed by atoms with Gasteiger partial charge in [-0.15, -0.1) is 0 Å². The van der Waals surface area contributed by atoms with Crippen LogP contribution in [0.1, 0.15) is 36.0 Å². The lowest BCUT2D eigenvalue weighted by Crippen LogP contribution is -2.29. The molecule has 3 N–H and O–H groups in total. The van der Waals surface area contributed by atoms with Crippen molar-refractivity contribution in [3.05, 3.63) is 28.2 Å². The van der Waals surface area contributed by atoms with Crippen molar-refractivity contribution in [3.63, 3.8) is 0 Å². The highest BCUT2D eigenvalue weighted by atomic mass is 79.9. The van der Waals surface area contributed by atoms with Gasteiger partial charge >= 0.3 is 12.0 Å². The molecule has 0 unspecified atom stereocenters. The van der Waals surface area contributed by atoms with Crippen LogP contribution >= 0.6 is 15.9 Å². The summed E-state index contributed by atoms with van der Waals surface area (Å²) in [4.78, 5) is 22.5. The number of hydrogen-bond acceptors (Lipinski definition) is 2. The Labute approximate surface area is 125 Å². The third kappa shape index (κ3) is 4.52. The molecule has 20 heavy (non-hydrogen) atoms. The lowest BCUT2D eigenvalue weighted by Gasteiger charge is -2.09. The number of urea groups is 1. The zero-order valence-electron chi connectivity index (χ0n) is 11.0. The molecule has 0 saturated heterocycles. The third-order valence-corrected chi connectivity index (χ3v) is 3.89. The van der Waals surface area contributed by atoms with Crippen molar-refractivity contribution in [2.75, 3.05) is 11.9 Å². The Morgan fingerprint density at radius 2 is 2.10 bits per heavy atom. The fraction of sp³-hybridized carbons (Fsp3) is 0.429. The van der Waals surface area contributed by atoms with Crippen LogP contribution in [-0.4, -0.2) is 23.7 Å². The normalized spacial score (nSPS) is 13.8. The second kappa shape index (κ2) is 6.74. The number of carbonyl (C=O) groups is 2. The predicted molar refractivity (Wildman–Crippen MR) is 80.1 cm³/mol. The van der Waals surface area contributed by atoms with E-state index in [1.807, 2.05) is 0 Å². The second-order valence-electron chi connectivity index (χ2n) is 4.97. The number of rotatable bonds is 6. The van der Waals surface area contributed by atoms with E-state index in [0.717, 1.165) is 12.3 Å². The monoisotopic (exact) mass is 340 g/mol. The first-order valence-electron chi connectivity index (χ1n) is 6.64. The van der Waals surface area contributed by atoms with Crippen LogP contribution in [0.25, 0.3) is 0 Å². The molecule has 1 aromatic rings. The first-order valence-corrected chi connectivity index (χ1v) is 7.43. The van der Waals surface area contributed by atoms with Gasteiger partial charge in [0.2, 0.25) is 0 Å². The number of nitrogens with one attached hydrogen (secondary N) is 2. The molecular formula is C14H17BrN2O3. The van der Waals surface area contributed by atoms with Crippen molar-refractivity contribution in [2.24, 2.45) is 5.92 Å². The summed E-state index contributed by atoms with van der Waals surface area (Å²) in [5, 5.41) is 14.3. The molecular weight excluding hydrogens is 324 g/mol. The van der Waals surface area contributed by atoms with Gasteiger partial charge in [0.1, 0.15) is 0 Å². The van der Waals surface area contributed by atoms with Gasteiger partial charge in [0.15, 0.2) is 0 Å². The number of aromatic carboxylic acids is 1. The van der Waals surface area contributed by atoms with E-state index in [0.29, 0.717) is 16.7 Å². The predicted octanol–water partition coefficient (Wildman–Crippen LogP) is 3.46. The Hall–Kier alpha value is -1.56. The van der Waals surface area contributed by atoms with Gasteiger partial charge in [-0.05, 0) is 52.9 Å². The summed E-state index contributed by atoms with van der Waals surface area (Å²) < 4.78 is 0.547. The van der Waals surface area contributed by atoms with Crippen LogP contribution in [0.15, 0.2) is 22.7 Å². The first-order chi connectivity index (χ1) is 9.56. The summed E-state index contributed by atoms with van der Waals surface area (Å²) in [5.41, 5.74) is 0.724. The number of hydrogen-bond donors (Lipinski definition) is 3. The fourth-order valence-electron chi connectivity index (χ4n) is 1.92. The minimum atomic E-state index is -0.998. The van der Waals surface area contributed by atoms with Gasteiger partial charge in [-0.3, -0.25) is 0 Å². The van der Waals surface area contributed by atoms with Gasteiger partial charge in [-0.2, -0.15) is 0 Å². The Bertz CT molecular complexity index is 515. The molecule has 0 atom stereocenters. The van der Waals surface area contributed by atoms with Gasteiger partial charge in [0.05, 0.1) is 11.3 Å². The van der Waals surface area contributed by atoms with E-state index in [9.17, 15) is 9.59 Å². The quantitative estimate of drug-likeness (QED) is 0.694. The molecule has 6 heteroatoms. The van der Waals surface area contributed by atoms with Crippen molar-refractivity contribution in [1.29, 1.82) is 0 Å². The molecule has 0 aliphatic heterocycles. The average molecular weight is 341 g/mol. The van der Waals surface area contributed by atoms with E-state index >= 15 is 0 Å². The van der Waals surface area contributed by atoms with Crippen LogP contribution in [-0.2, 0) is 0 Å². The fourth-order valence-corrected chi connectivity index (χ4v) is 2.39. The molecule has 2 amide bonds. The maximum absolute atomic E-state index is 11.7. The Morgan fingerprint density at radius 3 is 2.70 bits per heavy atom. The average Bonchev–Trinajstić information content (AvgIpc) is 3.21. The van der Waals surface area contributed by atoms with E-state index in [-0.39, 0.29) is 11.6 Å². The molecule has 1 aromatic carbocycles. The molecule has 1 fully saturated rings. The molecule has 1 aliphatic carbocycles. The zero-order valence-corrected chi connectivity index (χ0v) is 12.6. The number of carboxylic acid groups (broad SMARTS) is 1. The molecule has 0 spiro atoms. The number of carbonyl (C=O) groups excluding carboxylic acids is 1. The number of anilines is 1. The smallest absolute Gasteiger partial charge is 0.335 e. The number of benzene rings is 1. The van der Waals surface area contributed by atoms with Crippen LogP contribution < -0.4 is 10.6 Å².